The van der Waals surface area contributed by atoms with E-state index in [-0.39, 0.29) is 17.7 Å². The molecule has 8 nitrogen and oxygen atoms in total. The van der Waals surface area contributed by atoms with Crippen LogP contribution in [0.5, 0.6) is 0 Å². The summed E-state index contributed by atoms with van der Waals surface area (Å²) in [6.45, 7) is 11.0. The SMILES string of the molecule is Cc1cc(C)n(CCCN(C)C(=O)[C@H]2CCC(=O)N(CCN3CCOCC3)C2)n1. The molecule has 3 rings (SSSR count). The Morgan fingerprint density at radius 3 is 2.69 bits per heavy atom. The van der Waals surface area contributed by atoms with Crippen molar-refractivity contribution in [3.63, 3.8) is 0 Å². The molecule has 162 valence electrons. The van der Waals surface area contributed by atoms with E-state index in [0.29, 0.717) is 32.5 Å². The summed E-state index contributed by atoms with van der Waals surface area (Å²) in [5.41, 5.74) is 2.18. The summed E-state index contributed by atoms with van der Waals surface area (Å²) in [6.07, 6.45) is 2.00. The fraction of sp³-hybridized carbons (Fsp3) is 0.762. The zero-order chi connectivity index (χ0) is 20.8. The first-order valence-electron chi connectivity index (χ1n) is 10.8. The second kappa shape index (κ2) is 10.2. The number of hydrogen-bond donors (Lipinski definition) is 0. The van der Waals surface area contributed by atoms with Gasteiger partial charge in [0.05, 0.1) is 24.8 Å². The minimum atomic E-state index is -0.0870. The Hall–Kier alpha value is -1.93. The van der Waals surface area contributed by atoms with Crippen LogP contribution < -0.4 is 0 Å². The fourth-order valence-corrected chi connectivity index (χ4v) is 4.20. The van der Waals surface area contributed by atoms with Crippen molar-refractivity contribution in [3.8, 4) is 0 Å². The second-order valence-electron chi connectivity index (χ2n) is 8.29. The van der Waals surface area contributed by atoms with E-state index in [9.17, 15) is 9.59 Å². The van der Waals surface area contributed by atoms with E-state index >= 15 is 0 Å². The molecule has 0 spiro atoms. The number of morpholine rings is 1. The average molecular weight is 406 g/mol. The molecule has 0 aromatic carbocycles. The quantitative estimate of drug-likeness (QED) is 0.643. The molecular weight excluding hydrogens is 370 g/mol. The fourth-order valence-electron chi connectivity index (χ4n) is 4.20. The maximum Gasteiger partial charge on any atom is 0.227 e. The van der Waals surface area contributed by atoms with Gasteiger partial charge in [-0.3, -0.25) is 19.2 Å². The van der Waals surface area contributed by atoms with Crippen LogP contribution in [0.3, 0.4) is 0 Å². The molecule has 1 aromatic heterocycles. The predicted molar refractivity (Wildman–Crippen MR) is 111 cm³/mol. The van der Waals surface area contributed by atoms with Crippen LogP contribution in [-0.4, -0.2) is 95.8 Å². The normalized spacial score (nSPS) is 20.9. The van der Waals surface area contributed by atoms with Gasteiger partial charge < -0.3 is 14.5 Å². The van der Waals surface area contributed by atoms with Gasteiger partial charge in [0.15, 0.2) is 0 Å². The number of piperidine rings is 1. The van der Waals surface area contributed by atoms with E-state index in [4.69, 9.17) is 4.74 Å². The van der Waals surface area contributed by atoms with Crippen LogP contribution in [0.25, 0.3) is 0 Å². The van der Waals surface area contributed by atoms with E-state index in [1.54, 1.807) is 0 Å². The molecule has 2 aliphatic rings. The standard InChI is InChI=1S/C21H35N5O3/c1-17-15-18(2)26(22-17)8-4-7-23(3)21(28)19-5-6-20(27)25(16-19)10-9-24-11-13-29-14-12-24/h15,19H,4-14,16H2,1-3H3/t19-/m0/s1. The molecule has 29 heavy (non-hydrogen) atoms. The van der Waals surface area contributed by atoms with Gasteiger partial charge in [0.25, 0.3) is 0 Å². The van der Waals surface area contributed by atoms with Gasteiger partial charge in [-0.25, -0.2) is 0 Å². The second-order valence-corrected chi connectivity index (χ2v) is 8.29. The molecule has 0 aliphatic carbocycles. The number of likely N-dealkylation sites (tertiary alicyclic amines) is 1. The summed E-state index contributed by atoms with van der Waals surface area (Å²) < 4.78 is 7.38. The summed E-state index contributed by atoms with van der Waals surface area (Å²) in [5, 5.41) is 4.48. The van der Waals surface area contributed by atoms with Gasteiger partial charge in [-0.1, -0.05) is 0 Å². The van der Waals surface area contributed by atoms with Crippen molar-refractivity contribution in [2.24, 2.45) is 5.92 Å². The van der Waals surface area contributed by atoms with Crippen molar-refractivity contribution in [3.05, 3.63) is 17.5 Å². The monoisotopic (exact) mass is 405 g/mol. The smallest absolute Gasteiger partial charge is 0.227 e. The summed E-state index contributed by atoms with van der Waals surface area (Å²) in [5.74, 6) is 0.243. The van der Waals surface area contributed by atoms with Crippen molar-refractivity contribution in [1.29, 1.82) is 0 Å². The highest BCUT2D eigenvalue weighted by Crippen LogP contribution is 2.20. The van der Waals surface area contributed by atoms with Crippen LogP contribution in [0.15, 0.2) is 6.07 Å². The van der Waals surface area contributed by atoms with Gasteiger partial charge in [-0.05, 0) is 32.8 Å². The maximum absolute atomic E-state index is 12.9. The van der Waals surface area contributed by atoms with Gasteiger partial charge in [0.2, 0.25) is 11.8 Å². The largest absolute Gasteiger partial charge is 0.379 e. The van der Waals surface area contributed by atoms with Crippen LogP contribution in [0.4, 0.5) is 0 Å². The van der Waals surface area contributed by atoms with Gasteiger partial charge in [-0.2, -0.15) is 5.10 Å². The Labute approximate surface area is 173 Å². The minimum Gasteiger partial charge on any atom is -0.379 e. The number of aromatic nitrogens is 2. The number of carbonyl (C=O) groups is 2. The number of hydrogen-bond acceptors (Lipinski definition) is 5. The van der Waals surface area contributed by atoms with Crippen LogP contribution in [0.2, 0.25) is 0 Å². The molecule has 0 radical (unpaired) electrons. The highest BCUT2D eigenvalue weighted by molar-refractivity contribution is 5.83. The van der Waals surface area contributed by atoms with E-state index in [1.807, 2.05) is 28.5 Å². The number of nitrogens with zero attached hydrogens (tertiary/aromatic N) is 5. The topological polar surface area (TPSA) is 70.9 Å². The molecule has 0 saturated carbocycles. The van der Waals surface area contributed by atoms with E-state index in [2.05, 4.69) is 23.0 Å². The molecule has 2 aliphatic heterocycles. The molecule has 1 atom stereocenters. The Morgan fingerprint density at radius 2 is 2.00 bits per heavy atom. The Kier molecular flexibility index (Phi) is 7.66. The lowest BCUT2D eigenvalue weighted by atomic mass is 9.96. The lowest BCUT2D eigenvalue weighted by Crippen LogP contribution is -2.49. The van der Waals surface area contributed by atoms with Gasteiger partial charge in [0, 0.05) is 65.0 Å². The first kappa shape index (κ1) is 21.8. The Bertz CT molecular complexity index is 698. The summed E-state index contributed by atoms with van der Waals surface area (Å²) >= 11 is 0. The van der Waals surface area contributed by atoms with Crippen molar-refractivity contribution < 1.29 is 14.3 Å². The van der Waals surface area contributed by atoms with E-state index in [1.165, 1.54) is 0 Å². The molecule has 2 saturated heterocycles. The first-order chi connectivity index (χ1) is 13.9. The molecule has 0 N–H and O–H groups in total. The van der Waals surface area contributed by atoms with Crippen LogP contribution >= 0.6 is 0 Å². The van der Waals surface area contributed by atoms with Crippen molar-refractivity contribution >= 4 is 11.8 Å². The zero-order valence-corrected chi connectivity index (χ0v) is 18.1. The number of amides is 2. The Morgan fingerprint density at radius 1 is 1.24 bits per heavy atom. The number of rotatable bonds is 8. The van der Waals surface area contributed by atoms with E-state index < -0.39 is 0 Å². The van der Waals surface area contributed by atoms with Gasteiger partial charge in [-0.15, -0.1) is 0 Å². The van der Waals surface area contributed by atoms with Gasteiger partial charge >= 0.3 is 0 Å². The van der Waals surface area contributed by atoms with Crippen molar-refractivity contribution in [1.82, 2.24) is 24.5 Å². The molecule has 3 heterocycles. The molecular formula is C21H35N5O3. The molecule has 2 fully saturated rings. The third-order valence-electron chi connectivity index (χ3n) is 5.98. The van der Waals surface area contributed by atoms with Crippen LogP contribution in [0.1, 0.15) is 30.7 Å². The van der Waals surface area contributed by atoms with E-state index in [0.717, 1.165) is 57.2 Å². The van der Waals surface area contributed by atoms with Gasteiger partial charge in [0.1, 0.15) is 0 Å². The third kappa shape index (κ3) is 6.02. The van der Waals surface area contributed by atoms with Crippen molar-refractivity contribution in [2.75, 3.05) is 59.5 Å². The first-order valence-corrected chi connectivity index (χ1v) is 10.8. The molecule has 2 amide bonds. The van der Waals surface area contributed by atoms with Crippen molar-refractivity contribution in [2.45, 2.75) is 39.7 Å². The molecule has 0 unspecified atom stereocenters. The predicted octanol–water partition coefficient (Wildman–Crippen LogP) is 0.919. The highest BCUT2D eigenvalue weighted by atomic mass is 16.5. The lowest BCUT2D eigenvalue weighted by Gasteiger charge is -2.35. The average Bonchev–Trinajstić information content (AvgIpc) is 3.04. The van der Waals surface area contributed by atoms with Crippen LogP contribution in [0, 0.1) is 19.8 Å². The summed E-state index contributed by atoms with van der Waals surface area (Å²) in [7, 11) is 1.87. The molecule has 1 aromatic rings. The molecule has 0 bridgehead atoms. The number of carbonyl (C=O) groups excluding carboxylic acids is 2. The Balaban J connectivity index is 1.43. The molecule has 8 heteroatoms. The minimum absolute atomic E-state index is 0.0870. The number of aryl methyl sites for hydroxylation is 3. The summed E-state index contributed by atoms with van der Waals surface area (Å²) in [6, 6.07) is 2.07. The summed E-state index contributed by atoms with van der Waals surface area (Å²) in [4.78, 5) is 31.3. The number of ether oxygens (including phenoxy) is 1. The third-order valence-corrected chi connectivity index (χ3v) is 5.98. The lowest BCUT2D eigenvalue weighted by molar-refractivity contribution is -0.142. The maximum atomic E-state index is 12.9. The highest BCUT2D eigenvalue weighted by Gasteiger charge is 2.31. The zero-order valence-electron chi connectivity index (χ0n) is 18.1. The van der Waals surface area contributed by atoms with Crippen LogP contribution in [-0.2, 0) is 20.9 Å².